The van der Waals surface area contributed by atoms with Gasteiger partial charge in [0.1, 0.15) is 16.2 Å². The van der Waals surface area contributed by atoms with Gasteiger partial charge in [0.2, 0.25) is 9.84 Å². The Hall–Kier alpha value is -3.75. The third-order valence-corrected chi connectivity index (χ3v) is 7.27. The van der Waals surface area contributed by atoms with E-state index in [0.717, 1.165) is 11.1 Å². The first kappa shape index (κ1) is 21.1. The molecule has 0 saturated carbocycles. The molecule has 0 fully saturated rings. The Morgan fingerprint density at radius 3 is 2.36 bits per heavy atom. The maximum atomic E-state index is 13.6. The Morgan fingerprint density at radius 1 is 0.970 bits per heavy atom. The van der Waals surface area contributed by atoms with E-state index in [1.165, 1.54) is 4.68 Å². The number of nitrogen functional groups attached to an aromatic ring is 1. The summed E-state index contributed by atoms with van der Waals surface area (Å²) in [5, 5.41) is 4.99. The fraction of sp³-hybridized carbons (Fsp3) is 0.0417. The number of para-hydroxylation sites is 2. The number of fused-ring (bicyclic) bond motifs is 2. The highest BCUT2D eigenvalue weighted by atomic mass is 35.5. The molecule has 7 nitrogen and oxygen atoms in total. The van der Waals surface area contributed by atoms with Crippen LogP contribution in [0.5, 0.6) is 0 Å². The van der Waals surface area contributed by atoms with E-state index in [4.69, 9.17) is 17.3 Å². The Labute approximate surface area is 195 Å². The van der Waals surface area contributed by atoms with Gasteiger partial charge >= 0.3 is 0 Å². The molecule has 0 spiro atoms. The van der Waals surface area contributed by atoms with Crippen LogP contribution >= 0.6 is 11.6 Å². The first-order chi connectivity index (χ1) is 15.8. The molecule has 3 aromatic carbocycles. The summed E-state index contributed by atoms with van der Waals surface area (Å²) in [6.07, 6.45) is 1.54. The van der Waals surface area contributed by atoms with E-state index >= 15 is 0 Å². The van der Waals surface area contributed by atoms with Crippen molar-refractivity contribution in [2.75, 3.05) is 5.73 Å². The fourth-order valence-electron chi connectivity index (χ4n) is 3.55. The zero-order chi connectivity index (χ0) is 23.2. The van der Waals surface area contributed by atoms with Crippen LogP contribution in [0.25, 0.3) is 22.2 Å². The van der Waals surface area contributed by atoms with Gasteiger partial charge in [-0.05, 0) is 48.9 Å². The van der Waals surface area contributed by atoms with Gasteiger partial charge < -0.3 is 5.73 Å². The van der Waals surface area contributed by atoms with E-state index in [2.05, 4.69) is 15.1 Å². The van der Waals surface area contributed by atoms with E-state index in [9.17, 15) is 8.42 Å². The minimum absolute atomic E-state index is 0.0702. The molecule has 5 aromatic rings. The van der Waals surface area contributed by atoms with Gasteiger partial charge in [-0.25, -0.2) is 18.4 Å². The van der Waals surface area contributed by atoms with Crippen molar-refractivity contribution in [1.29, 1.82) is 0 Å². The molecule has 0 unspecified atom stereocenters. The second kappa shape index (κ2) is 7.99. The summed E-state index contributed by atoms with van der Waals surface area (Å²) < 4.78 is 28.5. The molecule has 0 radical (unpaired) electrons. The van der Waals surface area contributed by atoms with Gasteiger partial charge in [0.05, 0.1) is 22.1 Å². The molecule has 2 N–H and O–H groups in total. The van der Waals surface area contributed by atoms with Crippen molar-refractivity contribution in [2.24, 2.45) is 5.10 Å². The highest BCUT2D eigenvalue weighted by molar-refractivity contribution is 7.92. The Balaban J connectivity index is 1.79. The average Bonchev–Trinajstić information content (AvgIpc) is 3.07. The monoisotopic (exact) mass is 475 g/mol. The Kier molecular flexibility index (Phi) is 5.11. The van der Waals surface area contributed by atoms with Crippen LogP contribution in [-0.2, 0) is 9.84 Å². The lowest BCUT2D eigenvalue weighted by Gasteiger charge is -2.05. The second-order valence-electron chi connectivity index (χ2n) is 7.53. The molecule has 5 rings (SSSR count). The van der Waals surface area contributed by atoms with Crippen molar-refractivity contribution in [3.63, 3.8) is 0 Å². The highest BCUT2D eigenvalue weighted by Crippen LogP contribution is 2.35. The number of halogens is 1. The van der Waals surface area contributed by atoms with Crippen LogP contribution in [0.1, 0.15) is 11.1 Å². The number of nitrogens with two attached hydrogens (primary N) is 1. The molecule has 0 aliphatic rings. The molecule has 2 aromatic heterocycles. The first-order valence-electron chi connectivity index (χ1n) is 10.0. The predicted molar refractivity (Wildman–Crippen MR) is 131 cm³/mol. The SMILES string of the molecule is Cc1ccc(S(=O)(=O)c2c(N)n(N=Cc3cccc(Cl)c3)c3nc4ccccc4nc23)cc1. The Bertz CT molecular complexity index is 1660. The molecule has 0 aliphatic carbocycles. The number of benzene rings is 3. The molecular weight excluding hydrogens is 458 g/mol. The van der Waals surface area contributed by atoms with Gasteiger partial charge in [0.25, 0.3) is 0 Å². The van der Waals surface area contributed by atoms with Gasteiger partial charge in [0.15, 0.2) is 5.65 Å². The molecule has 33 heavy (non-hydrogen) atoms. The average molecular weight is 476 g/mol. The number of sulfone groups is 1. The van der Waals surface area contributed by atoms with Crippen molar-refractivity contribution < 1.29 is 8.42 Å². The molecule has 2 heterocycles. The van der Waals surface area contributed by atoms with Crippen molar-refractivity contribution in [3.8, 4) is 0 Å². The van der Waals surface area contributed by atoms with Crippen LogP contribution < -0.4 is 5.73 Å². The zero-order valence-electron chi connectivity index (χ0n) is 17.5. The first-order valence-corrected chi connectivity index (χ1v) is 11.9. The van der Waals surface area contributed by atoms with E-state index in [1.807, 2.05) is 25.1 Å². The number of rotatable bonds is 4. The summed E-state index contributed by atoms with van der Waals surface area (Å²) in [6.45, 7) is 1.89. The van der Waals surface area contributed by atoms with Crippen LogP contribution in [0.15, 0.2) is 87.7 Å². The lowest BCUT2D eigenvalue weighted by atomic mass is 10.2. The summed E-state index contributed by atoms with van der Waals surface area (Å²) in [5.41, 5.74) is 9.62. The standard InChI is InChI=1S/C24H18ClN5O2S/c1-15-9-11-18(12-10-15)33(31,32)22-21-24(29-20-8-3-2-7-19(20)28-21)30(23(22)26)27-14-16-5-4-6-17(25)13-16/h2-14H,26H2,1H3. The van der Waals surface area contributed by atoms with E-state index in [-0.39, 0.29) is 26.8 Å². The molecule has 0 aliphatic heterocycles. The molecule has 9 heteroatoms. The van der Waals surface area contributed by atoms with Gasteiger partial charge in [0, 0.05) is 5.02 Å². The van der Waals surface area contributed by atoms with Gasteiger partial charge in [-0.2, -0.15) is 9.78 Å². The van der Waals surface area contributed by atoms with Crippen LogP contribution in [0.2, 0.25) is 5.02 Å². The maximum absolute atomic E-state index is 13.6. The van der Waals surface area contributed by atoms with Crippen LogP contribution in [0.3, 0.4) is 0 Å². The van der Waals surface area contributed by atoms with Crippen LogP contribution in [0, 0.1) is 6.92 Å². The summed E-state index contributed by atoms with van der Waals surface area (Å²) in [4.78, 5) is 9.22. The largest absolute Gasteiger partial charge is 0.382 e. The molecule has 0 amide bonds. The maximum Gasteiger partial charge on any atom is 0.212 e. The normalized spacial score (nSPS) is 12.2. The summed E-state index contributed by atoms with van der Waals surface area (Å²) in [7, 11) is -3.99. The predicted octanol–water partition coefficient (Wildman–Crippen LogP) is 4.84. The van der Waals surface area contributed by atoms with E-state index < -0.39 is 9.84 Å². The summed E-state index contributed by atoms with van der Waals surface area (Å²) in [6, 6.07) is 20.9. The molecular formula is C24H18ClN5O2S. The number of aryl methyl sites for hydroxylation is 1. The molecule has 164 valence electrons. The van der Waals surface area contributed by atoms with Crippen molar-refractivity contribution >= 4 is 55.7 Å². The summed E-state index contributed by atoms with van der Waals surface area (Å²) in [5.74, 6) is -0.0702. The summed E-state index contributed by atoms with van der Waals surface area (Å²) >= 11 is 6.07. The number of aromatic nitrogens is 3. The van der Waals surface area contributed by atoms with E-state index in [1.54, 1.807) is 60.8 Å². The van der Waals surface area contributed by atoms with Gasteiger partial charge in [-0.3, -0.25) is 0 Å². The topological polar surface area (TPSA) is 103 Å². The lowest BCUT2D eigenvalue weighted by molar-refractivity contribution is 0.597. The van der Waals surface area contributed by atoms with Gasteiger partial charge in [-0.1, -0.05) is 53.6 Å². The molecule has 0 saturated heterocycles. The number of anilines is 1. The van der Waals surface area contributed by atoms with E-state index in [0.29, 0.717) is 16.1 Å². The number of hydrogen-bond acceptors (Lipinski definition) is 6. The third kappa shape index (κ3) is 3.73. The minimum atomic E-state index is -3.99. The minimum Gasteiger partial charge on any atom is -0.382 e. The second-order valence-corrected chi connectivity index (χ2v) is 9.85. The molecule has 0 atom stereocenters. The quantitative estimate of drug-likeness (QED) is 0.374. The van der Waals surface area contributed by atoms with Crippen molar-refractivity contribution in [1.82, 2.24) is 14.6 Å². The fourth-order valence-corrected chi connectivity index (χ4v) is 5.23. The lowest BCUT2D eigenvalue weighted by Crippen LogP contribution is -2.06. The van der Waals surface area contributed by atoms with Crippen molar-refractivity contribution in [3.05, 3.63) is 88.9 Å². The highest BCUT2D eigenvalue weighted by Gasteiger charge is 2.30. The van der Waals surface area contributed by atoms with Gasteiger partial charge in [-0.15, -0.1) is 0 Å². The molecule has 0 bridgehead atoms. The van der Waals surface area contributed by atoms with Crippen molar-refractivity contribution in [2.45, 2.75) is 16.7 Å². The zero-order valence-corrected chi connectivity index (χ0v) is 19.0. The van der Waals surface area contributed by atoms with Crippen LogP contribution in [0.4, 0.5) is 5.82 Å². The Morgan fingerprint density at radius 2 is 1.67 bits per heavy atom. The smallest absolute Gasteiger partial charge is 0.212 e. The number of hydrogen-bond donors (Lipinski definition) is 1. The van der Waals surface area contributed by atoms with Crippen LogP contribution in [-0.4, -0.2) is 29.3 Å². The third-order valence-electron chi connectivity index (χ3n) is 5.20. The number of nitrogens with zero attached hydrogens (tertiary/aromatic N) is 4.